The van der Waals surface area contributed by atoms with Gasteiger partial charge < -0.3 is 10.8 Å². The van der Waals surface area contributed by atoms with Gasteiger partial charge in [0.05, 0.1) is 6.10 Å². The van der Waals surface area contributed by atoms with Crippen LogP contribution in [0.2, 0.25) is 0 Å². The number of aliphatic hydroxyl groups excluding tert-OH is 1. The molecule has 0 spiro atoms. The molecule has 2 heteroatoms. The Morgan fingerprint density at radius 1 is 1.36 bits per heavy atom. The van der Waals surface area contributed by atoms with Crippen molar-refractivity contribution in [2.45, 2.75) is 37.8 Å². The molecule has 0 amide bonds. The Bertz CT molecular complexity index is 318. The number of hydrogen-bond acceptors (Lipinski definition) is 2. The smallest absolute Gasteiger partial charge is 0.0940 e. The number of aliphatic hydroxyl groups is 1. The minimum absolute atomic E-state index is 0.199. The fraction of sp³-hybridized carbons (Fsp3) is 0.500. The van der Waals surface area contributed by atoms with Crippen molar-refractivity contribution in [3.63, 3.8) is 0 Å². The minimum atomic E-state index is -0.521. The summed E-state index contributed by atoms with van der Waals surface area (Å²) in [6.07, 6.45) is 1.98. The van der Waals surface area contributed by atoms with Crippen LogP contribution in [-0.2, 0) is 0 Å². The minimum Gasteiger partial charge on any atom is -0.387 e. The molecule has 2 rings (SSSR count). The molecule has 0 heterocycles. The summed E-state index contributed by atoms with van der Waals surface area (Å²) >= 11 is 0. The van der Waals surface area contributed by atoms with Gasteiger partial charge in [-0.2, -0.15) is 0 Å². The van der Waals surface area contributed by atoms with Gasteiger partial charge in [-0.15, -0.1) is 0 Å². The number of nitrogens with two attached hydrogens (primary N) is 1. The molecule has 1 saturated carbocycles. The molecule has 0 bridgehead atoms. The fourth-order valence-corrected chi connectivity index (χ4v) is 1.83. The Kier molecular flexibility index (Phi) is 2.57. The van der Waals surface area contributed by atoms with Gasteiger partial charge in [-0.1, -0.05) is 24.3 Å². The third-order valence-electron chi connectivity index (χ3n) is 2.83. The summed E-state index contributed by atoms with van der Waals surface area (Å²) in [5.74, 6) is 0.666. The Balaban J connectivity index is 2.30. The first kappa shape index (κ1) is 9.69. The molecular formula is C12H17NO. The predicted molar refractivity (Wildman–Crippen MR) is 57.0 cm³/mol. The average molecular weight is 191 g/mol. The number of rotatable bonds is 3. The van der Waals surface area contributed by atoms with Crippen LogP contribution in [0.15, 0.2) is 24.3 Å². The van der Waals surface area contributed by atoms with Crippen molar-refractivity contribution in [3.8, 4) is 0 Å². The van der Waals surface area contributed by atoms with Crippen LogP contribution in [0, 0.1) is 0 Å². The van der Waals surface area contributed by atoms with Crippen LogP contribution in [0.5, 0.6) is 0 Å². The molecule has 0 aromatic heterocycles. The van der Waals surface area contributed by atoms with Crippen LogP contribution in [0.25, 0.3) is 0 Å². The molecule has 0 aliphatic heterocycles. The molecule has 0 saturated heterocycles. The van der Waals surface area contributed by atoms with Gasteiger partial charge in [-0.05, 0) is 36.8 Å². The lowest BCUT2D eigenvalue weighted by atomic mass is 9.96. The van der Waals surface area contributed by atoms with E-state index in [0.29, 0.717) is 5.92 Å². The van der Waals surface area contributed by atoms with Crippen LogP contribution in [0.4, 0.5) is 0 Å². The standard InChI is InChI=1S/C12H17NO/c1-8(13)12(14)11-5-3-2-4-10(11)9-6-7-9/h2-5,8-9,12,14H,6-7,13H2,1H3. The van der Waals surface area contributed by atoms with E-state index in [-0.39, 0.29) is 6.04 Å². The maximum Gasteiger partial charge on any atom is 0.0940 e. The van der Waals surface area contributed by atoms with Crippen molar-refractivity contribution in [2.24, 2.45) is 5.73 Å². The van der Waals surface area contributed by atoms with Crippen molar-refractivity contribution in [1.29, 1.82) is 0 Å². The van der Waals surface area contributed by atoms with Gasteiger partial charge in [-0.3, -0.25) is 0 Å². The van der Waals surface area contributed by atoms with Crippen molar-refractivity contribution < 1.29 is 5.11 Å². The van der Waals surface area contributed by atoms with Crippen molar-refractivity contribution in [3.05, 3.63) is 35.4 Å². The van der Waals surface area contributed by atoms with Gasteiger partial charge in [0.25, 0.3) is 0 Å². The molecule has 1 aliphatic carbocycles. The van der Waals surface area contributed by atoms with Gasteiger partial charge in [0, 0.05) is 6.04 Å². The zero-order valence-corrected chi connectivity index (χ0v) is 8.48. The third-order valence-corrected chi connectivity index (χ3v) is 2.83. The molecule has 2 unspecified atom stereocenters. The Morgan fingerprint density at radius 3 is 2.57 bits per heavy atom. The second-order valence-electron chi connectivity index (χ2n) is 4.21. The van der Waals surface area contributed by atoms with Gasteiger partial charge in [0.2, 0.25) is 0 Å². The van der Waals surface area contributed by atoms with E-state index in [1.165, 1.54) is 18.4 Å². The van der Waals surface area contributed by atoms with Crippen molar-refractivity contribution >= 4 is 0 Å². The van der Waals surface area contributed by atoms with Gasteiger partial charge in [0.1, 0.15) is 0 Å². The molecule has 2 atom stereocenters. The molecule has 14 heavy (non-hydrogen) atoms. The SMILES string of the molecule is CC(N)C(O)c1ccccc1C1CC1. The van der Waals surface area contributed by atoms with Gasteiger partial charge in [-0.25, -0.2) is 0 Å². The molecule has 1 aromatic carbocycles. The highest BCUT2D eigenvalue weighted by molar-refractivity contribution is 5.35. The lowest BCUT2D eigenvalue weighted by Crippen LogP contribution is -2.25. The van der Waals surface area contributed by atoms with Gasteiger partial charge >= 0.3 is 0 Å². The van der Waals surface area contributed by atoms with Crippen LogP contribution in [-0.4, -0.2) is 11.1 Å². The summed E-state index contributed by atoms with van der Waals surface area (Å²) in [6.45, 7) is 1.84. The van der Waals surface area contributed by atoms with E-state index in [4.69, 9.17) is 5.73 Å². The largest absolute Gasteiger partial charge is 0.387 e. The summed E-state index contributed by atoms with van der Waals surface area (Å²) in [6, 6.07) is 7.90. The molecule has 2 nitrogen and oxygen atoms in total. The van der Waals surface area contributed by atoms with Crippen LogP contribution in [0.3, 0.4) is 0 Å². The van der Waals surface area contributed by atoms with Crippen molar-refractivity contribution in [1.82, 2.24) is 0 Å². The van der Waals surface area contributed by atoms with E-state index < -0.39 is 6.10 Å². The van der Waals surface area contributed by atoms with Crippen LogP contribution >= 0.6 is 0 Å². The lowest BCUT2D eigenvalue weighted by molar-refractivity contribution is 0.152. The summed E-state index contributed by atoms with van der Waals surface area (Å²) in [4.78, 5) is 0. The Labute approximate surface area is 84.7 Å². The van der Waals surface area contributed by atoms with Crippen molar-refractivity contribution in [2.75, 3.05) is 0 Å². The summed E-state index contributed by atoms with van der Waals surface area (Å²) in [5.41, 5.74) is 8.02. The first-order chi connectivity index (χ1) is 6.70. The fourth-order valence-electron chi connectivity index (χ4n) is 1.83. The highest BCUT2D eigenvalue weighted by atomic mass is 16.3. The van der Waals surface area contributed by atoms with E-state index >= 15 is 0 Å². The second-order valence-corrected chi connectivity index (χ2v) is 4.21. The van der Waals surface area contributed by atoms with E-state index in [0.717, 1.165) is 5.56 Å². The highest BCUT2D eigenvalue weighted by Crippen LogP contribution is 2.43. The zero-order valence-electron chi connectivity index (χ0n) is 8.48. The molecule has 0 radical (unpaired) electrons. The summed E-state index contributed by atoms with van der Waals surface area (Å²) in [7, 11) is 0. The quantitative estimate of drug-likeness (QED) is 0.767. The predicted octanol–water partition coefficient (Wildman–Crippen LogP) is 1.94. The Morgan fingerprint density at radius 2 is 2.00 bits per heavy atom. The average Bonchev–Trinajstić information content (AvgIpc) is 3.00. The van der Waals surface area contributed by atoms with Crippen LogP contribution in [0.1, 0.15) is 42.9 Å². The zero-order chi connectivity index (χ0) is 10.1. The molecule has 1 fully saturated rings. The summed E-state index contributed by atoms with van der Waals surface area (Å²) < 4.78 is 0. The lowest BCUT2D eigenvalue weighted by Gasteiger charge is -2.18. The van der Waals surface area contributed by atoms with E-state index in [1.54, 1.807) is 0 Å². The first-order valence-corrected chi connectivity index (χ1v) is 5.22. The molecule has 3 N–H and O–H groups in total. The molecular weight excluding hydrogens is 174 g/mol. The highest BCUT2D eigenvalue weighted by Gasteiger charge is 2.28. The van der Waals surface area contributed by atoms with E-state index in [1.807, 2.05) is 25.1 Å². The topological polar surface area (TPSA) is 46.2 Å². The monoisotopic (exact) mass is 191 g/mol. The number of hydrogen-bond donors (Lipinski definition) is 2. The second kappa shape index (κ2) is 3.71. The molecule has 76 valence electrons. The van der Waals surface area contributed by atoms with E-state index in [2.05, 4.69) is 6.07 Å². The molecule has 1 aromatic rings. The maximum atomic E-state index is 9.93. The van der Waals surface area contributed by atoms with Gasteiger partial charge in [0.15, 0.2) is 0 Å². The maximum absolute atomic E-state index is 9.93. The molecule has 1 aliphatic rings. The summed E-state index contributed by atoms with van der Waals surface area (Å²) in [5, 5.41) is 9.93. The Hall–Kier alpha value is -0.860. The van der Waals surface area contributed by atoms with E-state index in [9.17, 15) is 5.11 Å². The van der Waals surface area contributed by atoms with Crippen LogP contribution < -0.4 is 5.73 Å². The number of benzene rings is 1. The first-order valence-electron chi connectivity index (χ1n) is 5.22. The normalized spacial score (nSPS) is 20.5. The third kappa shape index (κ3) is 1.81.